The lowest BCUT2D eigenvalue weighted by Crippen LogP contribution is -2.07. The smallest absolute Gasteiger partial charge is 0.331 e. The largest absolute Gasteiger partial charge is 0.350 e. The second-order valence-corrected chi connectivity index (χ2v) is 6.62. The zero-order valence-corrected chi connectivity index (χ0v) is 15.3. The highest BCUT2D eigenvalue weighted by atomic mass is 16.7. The molecule has 0 saturated carbocycles. The van der Waals surface area contributed by atoms with Gasteiger partial charge in [0.05, 0.1) is 5.71 Å². The van der Waals surface area contributed by atoms with Crippen LogP contribution in [0.15, 0.2) is 78.1 Å². The summed E-state index contributed by atoms with van der Waals surface area (Å²) >= 11 is 0. The van der Waals surface area contributed by atoms with Crippen molar-refractivity contribution in [2.75, 3.05) is 0 Å². The normalized spacial score (nSPS) is 11.9. The number of aryl methyl sites for hydroxylation is 1. The summed E-state index contributed by atoms with van der Waals surface area (Å²) in [6.07, 6.45) is 2.64. The summed E-state index contributed by atoms with van der Waals surface area (Å²) in [6.45, 7) is 1.36. The van der Waals surface area contributed by atoms with Crippen LogP contribution in [-0.2, 0) is 23.1 Å². The number of aromatic nitrogens is 1. The van der Waals surface area contributed by atoms with E-state index in [1.54, 1.807) is 0 Å². The number of nitrogens with zero attached hydrogens (tertiary/aromatic N) is 2. The highest BCUT2D eigenvalue weighted by molar-refractivity contribution is 6.19. The molecule has 0 spiro atoms. The summed E-state index contributed by atoms with van der Waals surface area (Å²) in [5, 5.41) is 7.67. The second-order valence-electron chi connectivity index (χ2n) is 6.62. The summed E-state index contributed by atoms with van der Waals surface area (Å²) in [7, 11) is 2.02. The Kier molecular flexibility index (Phi) is 4.47. The third kappa shape index (κ3) is 3.34. The molecule has 0 saturated heterocycles. The molecule has 3 aromatic carbocycles. The molecule has 0 aliphatic heterocycles. The molecule has 27 heavy (non-hydrogen) atoms. The minimum absolute atomic E-state index is 0.425. The Morgan fingerprint density at radius 3 is 2.52 bits per heavy atom. The average molecular weight is 356 g/mol. The van der Waals surface area contributed by atoms with Crippen molar-refractivity contribution < 1.29 is 9.63 Å². The van der Waals surface area contributed by atoms with Gasteiger partial charge < -0.3 is 9.40 Å². The van der Waals surface area contributed by atoms with Crippen LogP contribution >= 0.6 is 0 Å². The molecular weight excluding hydrogens is 336 g/mol. The first-order valence-corrected chi connectivity index (χ1v) is 8.89. The van der Waals surface area contributed by atoms with Gasteiger partial charge >= 0.3 is 5.97 Å². The van der Waals surface area contributed by atoms with E-state index in [0.29, 0.717) is 6.42 Å². The van der Waals surface area contributed by atoms with E-state index in [1.165, 1.54) is 12.3 Å². The molecule has 0 unspecified atom stereocenters. The monoisotopic (exact) mass is 356 g/mol. The molecule has 4 nitrogen and oxygen atoms in total. The van der Waals surface area contributed by atoms with Crippen molar-refractivity contribution in [2.24, 2.45) is 12.2 Å². The van der Waals surface area contributed by atoms with Gasteiger partial charge in [-0.05, 0) is 22.4 Å². The molecule has 0 radical (unpaired) electrons. The Morgan fingerprint density at radius 2 is 1.74 bits per heavy atom. The summed E-state index contributed by atoms with van der Waals surface area (Å²) in [5.41, 5.74) is 3.95. The molecule has 0 atom stereocenters. The molecule has 0 amide bonds. The van der Waals surface area contributed by atoms with E-state index in [4.69, 9.17) is 4.84 Å². The van der Waals surface area contributed by atoms with Crippen LogP contribution in [0.1, 0.15) is 18.1 Å². The molecule has 0 N–H and O–H groups in total. The van der Waals surface area contributed by atoms with Crippen LogP contribution in [0.25, 0.3) is 21.7 Å². The molecule has 134 valence electrons. The minimum Gasteiger partial charge on any atom is -0.350 e. The van der Waals surface area contributed by atoms with Gasteiger partial charge in [0, 0.05) is 43.1 Å². The Morgan fingerprint density at radius 1 is 1.00 bits per heavy atom. The average Bonchev–Trinajstić information content (AvgIpc) is 3.03. The fourth-order valence-electron chi connectivity index (χ4n) is 3.47. The van der Waals surface area contributed by atoms with E-state index < -0.39 is 5.97 Å². The maximum Gasteiger partial charge on any atom is 0.331 e. The van der Waals surface area contributed by atoms with Crippen molar-refractivity contribution in [2.45, 2.75) is 13.3 Å². The zero-order valence-electron chi connectivity index (χ0n) is 15.3. The molecule has 4 rings (SSSR count). The number of carbonyl (C=O) groups is 1. The van der Waals surface area contributed by atoms with Crippen LogP contribution < -0.4 is 0 Å². The highest BCUT2D eigenvalue weighted by Gasteiger charge is 2.16. The lowest BCUT2D eigenvalue weighted by molar-refractivity contribution is -0.140. The first kappa shape index (κ1) is 17.0. The van der Waals surface area contributed by atoms with Crippen molar-refractivity contribution in [3.63, 3.8) is 0 Å². The van der Waals surface area contributed by atoms with Gasteiger partial charge in [0.15, 0.2) is 0 Å². The maximum atomic E-state index is 11.4. The number of hydrogen-bond donors (Lipinski definition) is 0. The third-order valence-corrected chi connectivity index (χ3v) is 4.69. The quantitative estimate of drug-likeness (QED) is 0.298. The SMILES string of the molecule is CC(=O)O/N=C(\Cc1ccccc1)c1cn(C)c2ccc3ccccc3c12. The van der Waals surface area contributed by atoms with E-state index in [9.17, 15) is 4.79 Å². The summed E-state index contributed by atoms with van der Waals surface area (Å²) in [4.78, 5) is 16.4. The first-order valence-electron chi connectivity index (χ1n) is 8.89. The van der Waals surface area contributed by atoms with Crippen molar-refractivity contribution in [3.05, 3.63) is 84.1 Å². The van der Waals surface area contributed by atoms with Crippen molar-refractivity contribution >= 4 is 33.4 Å². The van der Waals surface area contributed by atoms with Gasteiger partial charge in [-0.15, -0.1) is 0 Å². The Balaban J connectivity index is 1.93. The molecule has 1 heterocycles. The predicted molar refractivity (Wildman–Crippen MR) is 109 cm³/mol. The highest BCUT2D eigenvalue weighted by Crippen LogP contribution is 2.30. The molecule has 0 aliphatic carbocycles. The standard InChI is InChI=1S/C23H20N2O2/c1-16(26)27-24-21(14-17-8-4-3-5-9-17)20-15-25(2)22-13-12-18-10-6-7-11-19(18)23(20)22/h3-13,15H,14H2,1-2H3/b24-21+. The summed E-state index contributed by atoms with van der Waals surface area (Å²) < 4.78 is 2.09. The minimum atomic E-state index is -0.425. The lowest BCUT2D eigenvalue weighted by Gasteiger charge is -2.07. The van der Waals surface area contributed by atoms with Crippen LogP contribution in [0.4, 0.5) is 0 Å². The number of oxime groups is 1. The molecule has 0 bridgehead atoms. The van der Waals surface area contributed by atoms with Crippen LogP contribution in [0.2, 0.25) is 0 Å². The van der Waals surface area contributed by atoms with E-state index in [0.717, 1.165) is 33.1 Å². The molecule has 0 fully saturated rings. The molecular formula is C23H20N2O2. The van der Waals surface area contributed by atoms with Crippen LogP contribution in [0.3, 0.4) is 0 Å². The van der Waals surface area contributed by atoms with Gasteiger partial charge in [0.25, 0.3) is 0 Å². The maximum absolute atomic E-state index is 11.4. The van der Waals surface area contributed by atoms with Gasteiger partial charge in [-0.25, -0.2) is 4.79 Å². The lowest BCUT2D eigenvalue weighted by atomic mass is 9.98. The number of carbonyl (C=O) groups excluding carboxylic acids is 1. The van der Waals surface area contributed by atoms with E-state index in [-0.39, 0.29) is 0 Å². The Labute approximate surface area is 157 Å². The topological polar surface area (TPSA) is 43.6 Å². The molecule has 4 heteroatoms. The first-order chi connectivity index (χ1) is 13.1. The van der Waals surface area contributed by atoms with Crippen LogP contribution in [0, 0.1) is 0 Å². The van der Waals surface area contributed by atoms with E-state index >= 15 is 0 Å². The number of fused-ring (bicyclic) bond motifs is 3. The van der Waals surface area contributed by atoms with Gasteiger partial charge in [-0.2, -0.15) is 0 Å². The van der Waals surface area contributed by atoms with Gasteiger partial charge in [0.1, 0.15) is 0 Å². The fraction of sp³-hybridized carbons (Fsp3) is 0.130. The van der Waals surface area contributed by atoms with Gasteiger partial charge in [-0.1, -0.05) is 65.8 Å². The number of hydrogen-bond acceptors (Lipinski definition) is 3. The number of benzene rings is 3. The molecule has 1 aromatic heterocycles. The van der Waals surface area contributed by atoms with E-state index in [1.807, 2.05) is 49.5 Å². The molecule has 0 aliphatic rings. The van der Waals surface area contributed by atoms with Crippen molar-refractivity contribution in [1.82, 2.24) is 4.57 Å². The van der Waals surface area contributed by atoms with Crippen LogP contribution in [-0.4, -0.2) is 16.2 Å². The van der Waals surface area contributed by atoms with Crippen LogP contribution in [0.5, 0.6) is 0 Å². The Bertz CT molecular complexity index is 1160. The molecule has 4 aromatic rings. The Hall–Kier alpha value is -3.40. The summed E-state index contributed by atoms with van der Waals surface area (Å²) in [6, 6.07) is 22.6. The fourth-order valence-corrected chi connectivity index (χ4v) is 3.47. The zero-order chi connectivity index (χ0) is 18.8. The van der Waals surface area contributed by atoms with Gasteiger partial charge in [-0.3, -0.25) is 0 Å². The summed E-state index contributed by atoms with van der Waals surface area (Å²) in [5.74, 6) is -0.425. The second kappa shape index (κ2) is 7.08. The van der Waals surface area contributed by atoms with Crippen molar-refractivity contribution in [1.29, 1.82) is 0 Å². The van der Waals surface area contributed by atoms with Gasteiger partial charge in [0.2, 0.25) is 0 Å². The van der Waals surface area contributed by atoms with Crippen molar-refractivity contribution in [3.8, 4) is 0 Å². The van der Waals surface area contributed by atoms with E-state index in [2.05, 4.69) is 40.2 Å². The number of rotatable bonds is 4. The predicted octanol–water partition coefficient (Wildman–Crippen LogP) is 4.84. The third-order valence-electron chi connectivity index (χ3n) is 4.69.